The zero-order valence-corrected chi connectivity index (χ0v) is 12.6. The molecule has 124 valence electrons. The van der Waals surface area contributed by atoms with Crippen LogP contribution in [0.4, 0.5) is 24.9 Å². The summed E-state index contributed by atoms with van der Waals surface area (Å²) in [7, 11) is 1.75. The van der Waals surface area contributed by atoms with E-state index < -0.39 is 17.5 Å². The molecule has 0 aliphatic carbocycles. The maximum Gasteiger partial charge on any atom is 0.221 e. The molecular formula is C15H13F3N6. The van der Waals surface area contributed by atoms with Crippen molar-refractivity contribution in [2.24, 2.45) is 7.05 Å². The van der Waals surface area contributed by atoms with Crippen LogP contribution in [0.1, 0.15) is 5.56 Å². The fourth-order valence-corrected chi connectivity index (χ4v) is 2.21. The molecule has 2 aromatic heterocycles. The average molecular weight is 334 g/mol. The topological polar surface area (TPSA) is 81.7 Å². The zero-order chi connectivity index (χ0) is 17.3. The van der Waals surface area contributed by atoms with Crippen LogP contribution in [0.25, 0.3) is 11.1 Å². The van der Waals surface area contributed by atoms with Crippen LogP contribution in [0.15, 0.2) is 30.7 Å². The van der Waals surface area contributed by atoms with Gasteiger partial charge in [-0.3, -0.25) is 4.68 Å². The van der Waals surface area contributed by atoms with Crippen molar-refractivity contribution in [3.63, 3.8) is 0 Å². The van der Waals surface area contributed by atoms with E-state index in [-0.39, 0.29) is 18.1 Å². The molecule has 6 nitrogen and oxygen atoms in total. The molecule has 0 radical (unpaired) electrons. The van der Waals surface area contributed by atoms with E-state index >= 15 is 0 Å². The van der Waals surface area contributed by atoms with Crippen LogP contribution < -0.4 is 11.1 Å². The molecule has 0 saturated heterocycles. The molecule has 0 unspecified atom stereocenters. The number of nitrogens with two attached hydrogens (primary N) is 1. The van der Waals surface area contributed by atoms with Crippen molar-refractivity contribution in [3.05, 3.63) is 53.7 Å². The van der Waals surface area contributed by atoms with Crippen LogP contribution >= 0.6 is 0 Å². The Hall–Kier alpha value is -3.10. The predicted octanol–water partition coefficient (Wildman–Crippen LogP) is 2.49. The molecular weight excluding hydrogens is 321 g/mol. The molecule has 0 bridgehead atoms. The van der Waals surface area contributed by atoms with Gasteiger partial charge >= 0.3 is 0 Å². The number of nitrogens with zero attached hydrogens (tertiary/aromatic N) is 4. The SMILES string of the molecule is Cn1cc(-c2cnc(N)nc2NCc2c(F)cc(F)cc2F)cn1. The molecule has 0 atom stereocenters. The molecule has 0 saturated carbocycles. The van der Waals surface area contributed by atoms with Crippen molar-refractivity contribution in [2.45, 2.75) is 6.54 Å². The first kappa shape index (κ1) is 15.8. The van der Waals surface area contributed by atoms with Crippen molar-refractivity contribution in [1.82, 2.24) is 19.7 Å². The zero-order valence-electron chi connectivity index (χ0n) is 12.6. The van der Waals surface area contributed by atoms with E-state index in [1.807, 2.05) is 0 Å². The molecule has 3 N–H and O–H groups in total. The highest BCUT2D eigenvalue weighted by Crippen LogP contribution is 2.26. The second-order valence-electron chi connectivity index (χ2n) is 5.09. The summed E-state index contributed by atoms with van der Waals surface area (Å²) in [5, 5.41) is 6.86. The fraction of sp³-hybridized carbons (Fsp3) is 0.133. The Balaban J connectivity index is 1.92. The number of nitrogen functional groups attached to an aromatic ring is 1. The summed E-state index contributed by atoms with van der Waals surface area (Å²) in [4.78, 5) is 7.97. The second-order valence-corrected chi connectivity index (χ2v) is 5.09. The van der Waals surface area contributed by atoms with Gasteiger partial charge in [0.15, 0.2) is 0 Å². The lowest BCUT2D eigenvalue weighted by Crippen LogP contribution is -2.09. The highest BCUT2D eigenvalue weighted by atomic mass is 19.1. The van der Waals surface area contributed by atoms with E-state index in [2.05, 4.69) is 20.4 Å². The van der Waals surface area contributed by atoms with E-state index in [1.54, 1.807) is 24.1 Å². The first-order chi connectivity index (χ1) is 11.4. The maximum atomic E-state index is 13.7. The van der Waals surface area contributed by atoms with Gasteiger partial charge in [-0.15, -0.1) is 0 Å². The normalized spacial score (nSPS) is 10.8. The molecule has 0 fully saturated rings. The lowest BCUT2D eigenvalue weighted by atomic mass is 10.1. The van der Waals surface area contributed by atoms with Crippen LogP contribution in [0, 0.1) is 17.5 Å². The summed E-state index contributed by atoms with van der Waals surface area (Å²) in [6.45, 7) is -0.234. The summed E-state index contributed by atoms with van der Waals surface area (Å²) < 4.78 is 42.0. The van der Waals surface area contributed by atoms with Gasteiger partial charge in [-0.2, -0.15) is 10.1 Å². The number of hydrogen-bond donors (Lipinski definition) is 2. The van der Waals surface area contributed by atoms with Crippen molar-refractivity contribution < 1.29 is 13.2 Å². The molecule has 0 aliphatic rings. The highest BCUT2D eigenvalue weighted by Gasteiger charge is 2.14. The van der Waals surface area contributed by atoms with Crippen LogP contribution in [0.3, 0.4) is 0 Å². The minimum Gasteiger partial charge on any atom is -0.368 e. The van der Waals surface area contributed by atoms with Gasteiger partial charge < -0.3 is 11.1 Å². The predicted molar refractivity (Wildman–Crippen MR) is 82.3 cm³/mol. The summed E-state index contributed by atoms with van der Waals surface area (Å²) in [6, 6.07) is 1.24. The van der Waals surface area contributed by atoms with Gasteiger partial charge in [-0.05, 0) is 0 Å². The van der Waals surface area contributed by atoms with Crippen molar-refractivity contribution >= 4 is 11.8 Å². The van der Waals surface area contributed by atoms with Crippen LogP contribution in [0.5, 0.6) is 0 Å². The van der Waals surface area contributed by atoms with Gasteiger partial charge in [0.05, 0.1) is 6.20 Å². The molecule has 0 spiro atoms. The minimum atomic E-state index is -0.982. The van der Waals surface area contributed by atoms with Gasteiger partial charge in [0.2, 0.25) is 5.95 Å². The first-order valence-corrected chi connectivity index (χ1v) is 6.93. The quantitative estimate of drug-likeness (QED) is 0.766. The Morgan fingerprint density at radius 1 is 1.17 bits per heavy atom. The van der Waals surface area contributed by atoms with Crippen molar-refractivity contribution in [1.29, 1.82) is 0 Å². The Morgan fingerprint density at radius 2 is 1.88 bits per heavy atom. The lowest BCUT2D eigenvalue weighted by molar-refractivity contribution is 0.526. The number of halogens is 3. The molecule has 0 amide bonds. The van der Waals surface area contributed by atoms with E-state index in [4.69, 9.17) is 5.73 Å². The summed E-state index contributed by atoms with van der Waals surface area (Å²) >= 11 is 0. The molecule has 1 aromatic carbocycles. The van der Waals surface area contributed by atoms with Gasteiger partial charge in [0.25, 0.3) is 0 Å². The molecule has 2 heterocycles. The Labute approximate surface area is 135 Å². The monoisotopic (exact) mass is 334 g/mol. The number of anilines is 2. The Kier molecular flexibility index (Phi) is 4.07. The summed E-state index contributed by atoms with van der Waals surface area (Å²) in [5.41, 5.74) is 6.56. The molecule has 24 heavy (non-hydrogen) atoms. The smallest absolute Gasteiger partial charge is 0.221 e. The molecule has 3 aromatic rings. The average Bonchev–Trinajstić information content (AvgIpc) is 2.92. The number of benzene rings is 1. The van der Waals surface area contributed by atoms with Crippen LogP contribution in [0.2, 0.25) is 0 Å². The molecule has 9 heteroatoms. The minimum absolute atomic E-state index is 0.00481. The highest BCUT2D eigenvalue weighted by molar-refractivity contribution is 5.74. The third-order valence-electron chi connectivity index (χ3n) is 3.36. The Morgan fingerprint density at radius 3 is 2.50 bits per heavy atom. The fourth-order valence-electron chi connectivity index (χ4n) is 2.21. The number of hydrogen-bond acceptors (Lipinski definition) is 5. The van der Waals surface area contributed by atoms with Gasteiger partial charge in [-0.1, -0.05) is 0 Å². The number of rotatable bonds is 4. The van der Waals surface area contributed by atoms with E-state index in [1.165, 1.54) is 6.20 Å². The van der Waals surface area contributed by atoms with Gasteiger partial charge in [0.1, 0.15) is 23.3 Å². The Bertz CT molecular complexity index is 870. The van der Waals surface area contributed by atoms with Crippen LogP contribution in [-0.2, 0) is 13.6 Å². The van der Waals surface area contributed by atoms with E-state index in [9.17, 15) is 13.2 Å². The third kappa shape index (κ3) is 3.14. The third-order valence-corrected chi connectivity index (χ3v) is 3.36. The van der Waals surface area contributed by atoms with Crippen molar-refractivity contribution in [3.8, 4) is 11.1 Å². The molecule has 0 aliphatic heterocycles. The van der Waals surface area contributed by atoms with Crippen LogP contribution in [-0.4, -0.2) is 19.7 Å². The molecule has 3 rings (SSSR count). The first-order valence-electron chi connectivity index (χ1n) is 6.93. The lowest BCUT2D eigenvalue weighted by Gasteiger charge is -2.11. The number of aryl methyl sites for hydroxylation is 1. The maximum absolute atomic E-state index is 13.7. The van der Waals surface area contributed by atoms with Gasteiger partial charge in [0, 0.05) is 54.8 Å². The van der Waals surface area contributed by atoms with Gasteiger partial charge in [-0.25, -0.2) is 18.2 Å². The number of aromatic nitrogens is 4. The van der Waals surface area contributed by atoms with E-state index in [0.717, 1.165) is 0 Å². The van der Waals surface area contributed by atoms with E-state index in [0.29, 0.717) is 29.1 Å². The summed E-state index contributed by atoms with van der Waals surface area (Å²) in [6.07, 6.45) is 4.82. The van der Waals surface area contributed by atoms with Crippen molar-refractivity contribution in [2.75, 3.05) is 11.1 Å². The largest absolute Gasteiger partial charge is 0.368 e. The number of nitrogens with one attached hydrogen (secondary N) is 1. The summed E-state index contributed by atoms with van der Waals surface area (Å²) in [5.74, 6) is -2.64. The standard InChI is InChI=1S/C15H13F3N6/c1-24-7-8(4-22-24)10-5-21-15(19)23-14(10)20-6-11-12(17)2-9(16)3-13(11)18/h2-5,7H,6H2,1H3,(H3,19,20,21,23). The second kappa shape index (κ2) is 6.19.